The second-order valence-corrected chi connectivity index (χ2v) is 6.42. The Kier molecular flexibility index (Phi) is 6.43. The molecule has 3 rings (SSSR count). The van der Waals surface area contributed by atoms with E-state index in [1.54, 1.807) is 31.3 Å². The molecule has 0 aliphatic carbocycles. The third-order valence-corrected chi connectivity index (χ3v) is 4.38. The number of benzene rings is 2. The Labute approximate surface area is 173 Å². The van der Waals surface area contributed by atoms with Crippen molar-refractivity contribution in [3.05, 3.63) is 73.3 Å². The maximum absolute atomic E-state index is 12.9. The summed E-state index contributed by atoms with van der Waals surface area (Å²) in [5.41, 5.74) is 1.02. The van der Waals surface area contributed by atoms with Gasteiger partial charge < -0.3 is 20.2 Å². The van der Waals surface area contributed by atoms with Crippen molar-refractivity contribution in [1.29, 1.82) is 0 Å². The lowest BCUT2D eigenvalue weighted by molar-refractivity contribution is -0.121. The first-order valence-electron chi connectivity index (χ1n) is 9.13. The summed E-state index contributed by atoms with van der Waals surface area (Å²) < 4.78 is 1.19. The maximum Gasteiger partial charge on any atom is 0.327 e. The van der Waals surface area contributed by atoms with Crippen molar-refractivity contribution in [1.82, 2.24) is 14.9 Å². The standard InChI is InChI=1S/C21H21N5O4/c1-24(16-6-3-2-4-7-16)20(29)14-26(17-8-5-9-18(27)12-17)19(28)13-23-21(30)25-11-10-22-15-25/h2-12,15,27H,13-14H2,1H3,(H,23,30). The third-order valence-electron chi connectivity index (χ3n) is 4.38. The highest BCUT2D eigenvalue weighted by atomic mass is 16.3. The summed E-state index contributed by atoms with van der Waals surface area (Å²) in [6, 6.07) is 14.5. The first-order valence-corrected chi connectivity index (χ1v) is 9.13. The van der Waals surface area contributed by atoms with Crippen LogP contribution in [0.5, 0.6) is 5.75 Å². The number of imidazole rings is 1. The van der Waals surface area contributed by atoms with Crippen LogP contribution in [0.4, 0.5) is 16.2 Å². The Bertz CT molecular complexity index is 1020. The fourth-order valence-electron chi connectivity index (χ4n) is 2.74. The van der Waals surface area contributed by atoms with E-state index in [9.17, 15) is 19.5 Å². The summed E-state index contributed by atoms with van der Waals surface area (Å²) >= 11 is 0. The minimum Gasteiger partial charge on any atom is -0.508 e. The lowest BCUT2D eigenvalue weighted by atomic mass is 10.2. The van der Waals surface area contributed by atoms with Crippen LogP contribution in [0.1, 0.15) is 0 Å². The molecule has 2 aromatic carbocycles. The molecule has 3 amide bonds. The van der Waals surface area contributed by atoms with Gasteiger partial charge in [-0.25, -0.2) is 9.78 Å². The van der Waals surface area contributed by atoms with Crippen molar-refractivity contribution >= 4 is 29.2 Å². The summed E-state index contributed by atoms with van der Waals surface area (Å²) in [6.45, 7) is -0.608. The number of hydrogen-bond acceptors (Lipinski definition) is 5. The number of hydrogen-bond donors (Lipinski definition) is 2. The van der Waals surface area contributed by atoms with Crippen molar-refractivity contribution in [2.45, 2.75) is 0 Å². The van der Waals surface area contributed by atoms with Gasteiger partial charge in [-0.05, 0) is 24.3 Å². The largest absolute Gasteiger partial charge is 0.508 e. The molecule has 9 nitrogen and oxygen atoms in total. The summed E-state index contributed by atoms with van der Waals surface area (Å²) in [4.78, 5) is 44.2. The minimum atomic E-state index is -0.524. The van der Waals surface area contributed by atoms with Crippen LogP contribution in [-0.4, -0.2) is 52.6 Å². The van der Waals surface area contributed by atoms with Gasteiger partial charge in [0.2, 0.25) is 11.8 Å². The molecule has 3 aromatic rings. The molecule has 1 heterocycles. The van der Waals surface area contributed by atoms with Gasteiger partial charge in [-0.2, -0.15) is 0 Å². The first-order chi connectivity index (χ1) is 14.5. The highest BCUT2D eigenvalue weighted by Crippen LogP contribution is 2.21. The van der Waals surface area contributed by atoms with Gasteiger partial charge in [0.05, 0.1) is 6.54 Å². The SMILES string of the molecule is CN(C(=O)CN(C(=O)CNC(=O)n1ccnc1)c1cccc(O)c1)c1ccccc1. The van der Waals surface area contributed by atoms with Crippen molar-refractivity contribution < 1.29 is 19.5 Å². The monoisotopic (exact) mass is 407 g/mol. The van der Waals surface area contributed by atoms with Gasteiger partial charge in [-0.15, -0.1) is 0 Å². The summed E-state index contributed by atoms with van der Waals surface area (Å²) in [5.74, 6) is -0.890. The number of para-hydroxylation sites is 1. The number of aromatic hydroxyl groups is 1. The molecule has 0 atom stereocenters. The normalized spacial score (nSPS) is 10.3. The average Bonchev–Trinajstić information content (AvgIpc) is 3.30. The number of nitrogens with one attached hydrogen (secondary N) is 1. The van der Waals surface area contributed by atoms with Crippen LogP contribution < -0.4 is 15.1 Å². The van der Waals surface area contributed by atoms with Gasteiger partial charge in [-0.1, -0.05) is 24.3 Å². The quantitative estimate of drug-likeness (QED) is 0.648. The summed E-state index contributed by atoms with van der Waals surface area (Å²) in [7, 11) is 1.61. The molecule has 0 saturated carbocycles. The Morgan fingerprint density at radius 2 is 1.77 bits per heavy atom. The molecule has 154 valence electrons. The Balaban J connectivity index is 1.75. The van der Waals surface area contributed by atoms with E-state index in [0.29, 0.717) is 11.4 Å². The predicted octanol–water partition coefficient (Wildman–Crippen LogP) is 1.84. The highest BCUT2D eigenvalue weighted by Gasteiger charge is 2.22. The van der Waals surface area contributed by atoms with Crippen LogP contribution in [0.25, 0.3) is 0 Å². The average molecular weight is 407 g/mol. The zero-order chi connectivity index (χ0) is 21.5. The molecule has 0 saturated heterocycles. The van der Waals surface area contributed by atoms with E-state index in [1.807, 2.05) is 18.2 Å². The Hall–Kier alpha value is -4.14. The molecule has 0 aliphatic heterocycles. The number of likely N-dealkylation sites (N-methyl/N-ethyl adjacent to an activating group) is 1. The molecular weight excluding hydrogens is 386 g/mol. The van der Waals surface area contributed by atoms with Gasteiger partial charge in [0.1, 0.15) is 18.6 Å². The molecule has 9 heteroatoms. The molecule has 0 unspecified atom stereocenters. The van der Waals surface area contributed by atoms with Crippen molar-refractivity contribution in [2.75, 3.05) is 29.9 Å². The van der Waals surface area contributed by atoms with E-state index in [-0.39, 0.29) is 24.7 Å². The second kappa shape index (κ2) is 9.37. The van der Waals surface area contributed by atoms with Gasteiger partial charge in [0.15, 0.2) is 0 Å². The topological polar surface area (TPSA) is 108 Å². The number of carbonyl (C=O) groups excluding carboxylic acids is 3. The van der Waals surface area contributed by atoms with E-state index in [4.69, 9.17) is 0 Å². The summed E-state index contributed by atoms with van der Waals surface area (Å²) in [5, 5.41) is 12.3. The third kappa shape index (κ3) is 5.02. The van der Waals surface area contributed by atoms with Crippen LogP contribution in [0.15, 0.2) is 73.3 Å². The molecule has 0 radical (unpaired) electrons. The lowest BCUT2D eigenvalue weighted by Crippen LogP contribution is -2.46. The molecule has 0 bridgehead atoms. The Morgan fingerprint density at radius 1 is 1.03 bits per heavy atom. The molecule has 1 aromatic heterocycles. The second-order valence-electron chi connectivity index (χ2n) is 6.42. The molecule has 2 N–H and O–H groups in total. The molecular formula is C21H21N5O4. The Morgan fingerprint density at radius 3 is 2.43 bits per heavy atom. The number of phenols is 1. The molecule has 0 fully saturated rings. The van der Waals surface area contributed by atoms with Gasteiger partial charge in [-0.3, -0.25) is 14.2 Å². The van der Waals surface area contributed by atoms with Crippen LogP contribution >= 0.6 is 0 Å². The fourth-order valence-corrected chi connectivity index (χ4v) is 2.74. The maximum atomic E-state index is 12.9. The zero-order valence-electron chi connectivity index (χ0n) is 16.3. The van der Waals surface area contributed by atoms with Crippen LogP contribution in [-0.2, 0) is 9.59 Å². The van der Waals surface area contributed by atoms with E-state index < -0.39 is 11.9 Å². The number of phenolic OH excluding ortho intramolecular Hbond substituents is 1. The molecule has 30 heavy (non-hydrogen) atoms. The van der Waals surface area contributed by atoms with Gasteiger partial charge in [0.25, 0.3) is 0 Å². The number of aromatic nitrogens is 2. The number of amides is 3. The van der Waals surface area contributed by atoms with E-state index in [2.05, 4.69) is 10.3 Å². The number of anilines is 2. The van der Waals surface area contributed by atoms with Crippen molar-refractivity contribution in [3.63, 3.8) is 0 Å². The summed E-state index contributed by atoms with van der Waals surface area (Å²) in [6.07, 6.45) is 4.20. The van der Waals surface area contributed by atoms with E-state index >= 15 is 0 Å². The molecule has 0 spiro atoms. The fraction of sp³-hybridized carbons (Fsp3) is 0.143. The zero-order valence-corrected chi connectivity index (χ0v) is 16.3. The van der Waals surface area contributed by atoms with Crippen molar-refractivity contribution in [3.8, 4) is 5.75 Å². The van der Waals surface area contributed by atoms with Crippen LogP contribution in [0, 0.1) is 0 Å². The number of carbonyl (C=O) groups is 3. The van der Waals surface area contributed by atoms with E-state index in [1.165, 1.54) is 45.2 Å². The van der Waals surface area contributed by atoms with E-state index in [0.717, 1.165) is 0 Å². The number of rotatable bonds is 6. The predicted molar refractivity (Wildman–Crippen MR) is 111 cm³/mol. The van der Waals surface area contributed by atoms with Crippen LogP contribution in [0.3, 0.4) is 0 Å². The lowest BCUT2D eigenvalue weighted by Gasteiger charge is -2.26. The molecule has 0 aliphatic rings. The smallest absolute Gasteiger partial charge is 0.327 e. The number of nitrogens with zero attached hydrogens (tertiary/aromatic N) is 4. The highest BCUT2D eigenvalue weighted by molar-refractivity contribution is 6.04. The first kappa shape index (κ1) is 20.6. The van der Waals surface area contributed by atoms with Gasteiger partial charge in [0, 0.05) is 36.9 Å². The van der Waals surface area contributed by atoms with Gasteiger partial charge >= 0.3 is 6.03 Å². The van der Waals surface area contributed by atoms with Crippen LogP contribution in [0.2, 0.25) is 0 Å². The van der Waals surface area contributed by atoms with Crippen molar-refractivity contribution in [2.24, 2.45) is 0 Å². The minimum absolute atomic E-state index is 0.0448.